The number of hydrogen-bond donors (Lipinski definition) is 3. The van der Waals surface area contributed by atoms with Crippen molar-refractivity contribution in [2.24, 2.45) is 7.05 Å². The average Bonchev–Trinajstić information content (AvgIpc) is 3.38. The molecule has 2 aliphatic heterocycles. The van der Waals surface area contributed by atoms with Gasteiger partial charge in [-0.05, 0) is 60.0 Å². The predicted octanol–water partition coefficient (Wildman–Crippen LogP) is 1.28. The summed E-state index contributed by atoms with van der Waals surface area (Å²) in [7, 11) is 1.88. The molecular weight excluding hydrogens is 486 g/mol. The lowest BCUT2D eigenvalue weighted by atomic mass is 9.92. The molecule has 38 heavy (non-hydrogen) atoms. The monoisotopic (exact) mass is 519 g/mol. The largest absolute Gasteiger partial charge is 0.487 e. The van der Waals surface area contributed by atoms with Crippen LogP contribution in [0.4, 0.5) is 0 Å². The van der Waals surface area contributed by atoms with Crippen molar-refractivity contribution in [2.75, 3.05) is 32.8 Å². The second-order valence-corrected chi connectivity index (χ2v) is 9.62. The molecule has 3 heterocycles. The summed E-state index contributed by atoms with van der Waals surface area (Å²) in [4.78, 5) is 27.0. The average molecular weight is 520 g/mol. The fourth-order valence-corrected chi connectivity index (χ4v) is 4.73. The molecule has 2 aromatic carbocycles. The van der Waals surface area contributed by atoms with Gasteiger partial charge in [0.25, 0.3) is 11.8 Å². The Morgan fingerprint density at radius 2 is 1.89 bits per heavy atom. The Morgan fingerprint density at radius 3 is 2.63 bits per heavy atom. The number of amides is 2. The summed E-state index contributed by atoms with van der Waals surface area (Å²) in [6, 6.07) is 14.3. The molecule has 2 atom stereocenters. The van der Waals surface area contributed by atoms with Crippen LogP contribution < -0.4 is 15.4 Å². The number of carbonyl (C=O) groups is 2. The van der Waals surface area contributed by atoms with Gasteiger partial charge in [-0.3, -0.25) is 14.3 Å². The number of aliphatic hydroxyl groups is 1. The Balaban J connectivity index is 1.10. The van der Waals surface area contributed by atoms with Crippen LogP contribution in [0.25, 0.3) is 0 Å². The number of nitrogens with one attached hydrogen (secondary N) is 2. The van der Waals surface area contributed by atoms with Crippen molar-refractivity contribution in [3.05, 3.63) is 82.7 Å². The van der Waals surface area contributed by atoms with Gasteiger partial charge in [0.05, 0.1) is 25.0 Å². The van der Waals surface area contributed by atoms with Crippen molar-refractivity contribution >= 4 is 11.8 Å². The summed E-state index contributed by atoms with van der Waals surface area (Å²) in [6.07, 6.45) is 1.64. The van der Waals surface area contributed by atoms with Gasteiger partial charge >= 0.3 is 0 Å². The molecule has 3 N–H and O–H groups in total. The highest BCUT2D eigenvalue weighted by Gasteiger charge is 2.25. The second-order valence-electron chi connectivity index (χ2n) is 9.62. The molecular formula is C28H33N5O5. The normalized spacial score (nSPS) is 17.9. The van der Waals surface area contributed by atoms with Crippen LogP contribution in [-0.2, 0) is 31.4 Å². The zero-order chi connectivity index (χ0) is 26.5. The van der Waals surface area contributed by atoms with E-state index in [1.165, 1.54) is 0 Å². The van der Waals surface area contributed by atoms with E-state index in [1.54, 1.807) is 40.0 Å². The summed E-state index contributed by atoms with van der Waals surface area (Å²) in [6.45, 7) is 3.38. The fraction of sp³-hybridized carbons (Fsp3) is 0.393. The van der Waals surface area contributed by atoms with Crippen molar-refractivity contribution in [1.82, 2.24) is 25.3 Å². The molecule has 200 valence electrons. The first-order valence-electron chi connectivity index (χ1n) is 12.9. The summed E-state index contributed by atoms with van der Waals surface area (Å²) >= 11 is 0. The third-order valence-corrected chi connectivity index (χ3v) is 7.11. The lowest BCUT2D eigenvalue weighted by molar-refractivity contribution is 0.0303. The van der Waals surface area contributed by atoms with E-state index < -0.39 is 6.10 Å². The molecule has 3 aromatic rings. The molecule has 0 saturated carbocycles. The topological polar surface area (TPSA) is 118 Å². The van der Waals surface area contributed by atoms with Crippen LogP contribution in [0.15, 0.2) is 54.7 Å². The first kappa shape index (κ1) is 25.9. The number of benzene rings is 2. The van der Waals surface area contributed by atoms with Crippen LogP contribution in [0.5, 0.6) is 5.75 Å². The van der Waals surface area contributed by atoms with E-state index in [4.69, 9.17) is 9.47 Å². The van der Waals surface area contributed by atoms with Gasteiger partial charge < -0.3 is 30.1 Å². The first-order chi connectivity index (χ1) is 18.5. The smallest absolute Gasteiger partial charge is 0.254 e. The molecule has 5 rings (SSSR count). The van der Waals surface area contributed by atoms with Crippen molar-refractivity contribution in [2.45, 2.75) is 31.7 Å². The van der Waals surface area contributed by atoms with Crippen LogP contribution >= 0.6 is 0 Å². The summed E-state index contributed by atoms with van der Waals surface area (Å²) in [5.74, 6) is 0.433. The van der Waals surface area contributed by atoms with Gasteiger partial charge in [-0.1, -0.05) is 6.07 Å². The first-order valence-corrected chi connectivity index (χ1v) is 12.9. The maximum Gasteiger partial charge on any atom is 0.254 e. The van der Waals surface area contributed by atoms with Crippen molar-refractivity contribution < 1.29 is 24.2 Å². The third kappa shape index (κ3) is 6.04. The highest BCUT2D eigenvalue weighted by Crippen LogP contribution is 2.24. The molecule has 0 bridgehead atoms. The van der Waals surface area contributed by atoms with Gasteiger partial charge in [0.2, 0.25) is 0 Å². The van der Waals surface area contributed by atoms with Crippen LogP contribution in [0.1, 0.15) is 37.5 Å². The number of morpholine rings is 1. The molecule has 0 radical (unpaired) electrons. The quantitative estimate of drug-likeness (QED) is 0.410. The van der Waals surface area contributed by atoms with Crippen LogP contribution in [0.2, 0.25) is 0 Å². The SMILES string of the molecule is Cn1nccc1COc1ccc2c(c1)CN[C@H](C(O)CNC(=O)c1ccc(C(=O)N3CCOCC3)cc1)C2. The predicted molar refractivity (Wildman–Crippen MR) is 140 cm³/mol. The Kier molecular flexibility index (Phi) is 8.02. The molecule has 10 heteroatoms. The molecule has 1 aromatic heterocycles. The molecule has 2 amide bonds. The number of rotatable bonds is 8. The van der Waals surface area contributed by atoms with E-state index in [0.29, 0.717) is 57.0 Å². The van der Waals surface area contributed by atoms with E-state index in [0.717, 1.165) is 22.6 Å². The van der Waals surface area contributed by atoms with E-state index in [2.05, 4.69) is 15.7 Å². The van der Waals surface area contributed by atoms with Gasteiger partial charge in [-0.2, -0.15) is 5.10 Å². The van der Waals surface area contributed by atoms with E-state index in [1.807, 2.05) is 31.3 Å². The van der Waals surface area contributed by atoms with Gasteiger partial charge in [0, 0.05) is 56.6 Å². The number of carbonyl (C=O) groups excluding carboxylic acids is 2. The maximum atomic E-state index is 12.6. The summed E-state index contributed by atoms with van der Waals surface area (Å²) < 4.78 is 13.0. The van der Waals surface area contributed by atoms with E-state index >= 15 is 0 Å². The number of fused-ring (bicyclic) bond motifs is 1. The van der Waals surface area contributed by atoms with Gasteiger partial charge in [-0.25, -0.2) is 0 Å². The number of hydrogen-bond acceptors (Lipinski definition) is 7. The standard InChI is InChI=1S/C28H33N5O5/c1-32-23(8-9-31-32)18-38-24-7-6-21-15-25(29-16-22(21)14-24)26(34)17-30-27(35)19-2-4-20(5-3-19)28(36)33-10-12-37-13-11-33/h2-9,14,25-26,29,34H,10-13,15-18H2,1H3,(H,30,35)/t25-,26?/m0/s1. The second kappa shape index (κ2) is 11.8. The molecule has 1 unspecified atom stereocenters. The minimum Gasteiger partial charge on any atom is -0.487 e. The molecule has 0 spiro atoms. The zero-order valence-electron chi connectivity index (χ0n) is 21.4. The number of aliphatic hydroxyl groups excluding tert-OH is 1. The van der Waals surface area contributed by atoms with Gasteiger partial charge in [0.1, 0.15) is 12.4 Å². The third-order valence-electron chi connectivity index (χ3n) is 7.11. The molecule has 1 fully saturated rings. The number of aryl methyl sites for hydroxylation is 1. The number of ether oxygens (including phenoxy) is 2. The molecule has 2 aliphatic rings. The van der Waals surface area contributed by atoms with Crippen molar-refractivity contribution in [3.8, 4) is 5.75 Å². The minimum atomic E-state index is -0.755. The Hall–Kier alpha value is -3.73. The van der Waals surface area contributed by atoms with Crippen molar-refractivity contribution in [1.29, 1.82) is 0 Å². The van der Waals surface area contributed by atoms with Crippen LogP contribution in [0, 0.1) is 0 Å². The lowest BCUT2D eigenvalue weighted by Crippen LogP contribution is -2.49. The van der Waals surface area contributed by atoms with Crippen LogP contribution in [-0.4, -0.2) is 76.6 Å². The molecule has 0 aliphatic carbocycles. The van der Waals surface area contributed by atoms with E-state index in [-0.39, 0.29) is 24.4 Å². The van der Waals surface area contributed by atoms with Crippen LogP contribution in [0.3, 0.4) is 0 Å². The zero-order valence-corrected chi connectivity index (χ0v) is 21.4. The highest BCUT2D eigenvalue weighted by atomic mass is 16.5. The Bertz CT molecular complexity index is 1270. The molecule has 10 nitrogen and oxygen atoms in total. The fourth-order valence-electron chi connectivity index (χ4n) is 4.73. The molecule has 1 saturated heterocycles. The number of nitrogens with zero attached hydrogens (tertiary/aromatic N) is 3. The van der Waals surface area contributed by atoms with Gasteiger partial charge in [-0.15, -0.1) is 0 Å². The number of aromatic nitrogens is 2. The van der Waals surface area contributed by atoms with Crippen molar-refractivity contribution in [3.63, 3.8) is 0 Å². The summed E-state index contributed by atoms with van der Waals surface area (Å²) in [5, 5.41) is 21.1. The van der Waals surface area contributed by atoms with Gasteiger partial charge in [0.15, 0.2) is 0 Å². The highest BCUT2D eigenvalue weighted by molar-refractivity contribution is 5.97. The Morgan fingerprint density at radius 1 is 1.13 bits per heavy atom. The lowest BCUT2D eigenvalue weighted by Gasteiger charge is -2.30. The van der Waals surface area contributed by atoms with E-state index in [9.17, 15) is 14.7 Å². The maximum absolute atomic E-state index is 12.6. The minimum absolute atomic E-state index is 0.0635. The Labute approximate surface area is 221 Å². The summed E-state index contributed by atoms with van der Waals surface area (Å²) in [5.41, 5.74) is 4.25.